The van der Waals surface area contributed by atoms with Crippen LogP contribution in [0.5, 0.6) is 0 Å². The highest BCUT2D eigenvalue weighted by atomic mass is 31.2. The van der Waals surface area contributed by atoms with Gasteiger partial charge in [-0.15, -0.1) is 0 Å². The summed E-state index contributed by atoms with van der Waals surface area (Å²) >= 11 is 0. The van der Waals surface area contributed by atoms with E-state index in [1.54, 1.807) is 0 Å². The molecule has 1 aliphatic rings. The fraction of sp³-hybridized carbons (Fsp3) is 1.00. The van der Waals surface area contributed by atoms with Crippen LogP contribution in [-0.2, 0) is 13.6 Å². The molecule has 1 fully saturated rings. The monoisotopic (exact) mass is 288 g/mol. The van der Waals surface area contributed by atoms with Crippen molar-refractivity contribution in [2.75, 3.05) is 6.61 Å². The molecule has 0 aromatic carbocycles. The van der Waals surface area contributed by atoms with Gasteiger partial charge in [0.05, 0.1) is 12.7 Å². The summed E-state index contributed by atoms with van der Waals surface area (Å²) in [6, 6.07) is 0. The highest BCUT2D eigenvalue weighted by molar-refractivity contribution is 7.47. The van der Waals surface area contributed by atoms with Gasteiger partial charge in [-0.05, 0) is 6.42 Å². The van der Waals surface area contributed by atoms with Gasteiger partial charge in [0.2, 0.25) is 0 Å². The number of halogens is 6. The van der Waals surface area contributed by atoms with Crippen LogP contribution in [0.1, 0.15) is 6.42 Å². The van der Waals surface area contributed by atoms with Crippen LogP contribution >= 0.6 is 7.82 Å². The number of phosphoric acid groups is 1. The lowest BCUT2D eigenvalue weighted by Crippen LogP contribution is -2.47. The molecule has 0 radical (unpaired) electrons. The quantitative estimate of drug-likeness (QED) is 0.595. The first-order chi connectivity index (χ1) is 7.43. The summed E-state index contributed by atoms with van der Waals surface area (Å²) in [5, 5.41) is 0. The highest BCUT2D eigenvalue weighted by Crippen LogP contribution is 2.53. The molecule has 0 aliphatic carbocycles. The van der Waals surface area contributed by atoms with Gasteiger partial charge in [-0.1, -0.05) is 0 Å². The Hall–Kier alpha value is -0.310. The molecule has 0 spiro atoms. The van der Waals surface area contributed by atoms with E-state index in [1.165, 1.54) is 0 Å². The van der Waals surface area contributed by atoms with E-state index in [1.807, 2.05) is 0 Å². The fourth-order valence-electron chi connectivity index (χ4n) is 1.37. The molecule has 1 N–H and O–H groups in total. The van der Waals surface area contributed by atoms with E-state index >= 15 is 0 Å². The van der Waals surface area contributed by atoms with Crippen LogP contribution in [-0.4, -0.2) is 30.0 Å². The van der Waals surface area contributed by atoms with E-state index in [2.05, 4.69) is 9.05 Å². The Morgan fingerprint density at radius 3 is 2.00 bits per heavy atom. The van der Waals surface area contributed by atoms with Crippen LogP contribution in [0.4, 0.5) is 26.3 Å². The van der Waals surface area contributed by atoms with E-state index < -0.39 is 45.2 Å². The molecular formula is C6H7F6O4P. The Balaban J connectivity index is 2.96. The van der Waals surface area contributed by atoms with Gasteiger partial charge in [-0.25, -0.2) is 4.57 Å². The van der Waals surface area contributed by atoms with Gasteiger partial charge in [0.1, 0.15) is 0 Å². The molecule has 1 heterocycles. The summed E-state index contributed by atoms with van der Waals surface area (Å²) < 4.78 is 92.1. The van der Waals surface area contributed by atoms with Crippen molar-refractivity contribution >= 4 is 7.82 Å². The Morgan fingerprint density at radius 2 is 1.65 bits per heavy atom. The normalized spacial score (nSPS) is 31.9. The van der Waals surface area contributed by atoms with Crippen LogP contribution in [0.3, 0.4) is 0 Å². The van der Waals surface area contributed by atoms with E-state index in [-0.39, 0.29) is 0 Å². The number of hydrogen-bond acceptors (Lipinski definition) is 3. The van der Waals surface area contributed by atoms with Gasteiger partial charge < -0.3 is 4.89 Å². The highest BCUT2D eigenvalue weighted by Gasteiger charge is 2.62. The third-order valence-electron chi connectivity index (χ3n) is 2.00. The van der Waals surface area contributed by atoms with Crippen molar-refractivity contribution in [2.45, 2.75) is 24.9 Å². The predicted molar refractivity (Wildman–Crippen MR) is 40.9 cm³/mol. The van der Waals surface area contributed by atoms with E-state index in [0.717, 1.165) is 0 Å². The number of hydrogen-bond donors (Lipinski definition) is 1. The summed E-state index contributed by atoms with van der Waals surface area (Å²) in [7, 11) is -4.84. The van der Waals surface area contributed by atoms with Crippen LogP contribution in [0.25, 0.3) is 0 Å². The third-order valence-corrected chi connectivity index (χ3v) is 3.05. The standard InChI is InChI=1S/C6H7F6O4P/c7-5(8,9)4(6(10,11)12)3-1-2-15-17(13,14)16-3/h3-4H,1-2H2,(H,13,14). The lowest BCUT2D eigenvalue weighted by Gasteiger charge is -2.33. The largest absolute Gasteiger partial charge is 0.472 e. The van der Waals surface area contributed by atoms with Crippen LogP contribution in [0.2, 0.25) is 0 Å². The summed E-state index contributed by atoms with van der Waals surface area (Å²) in [6.45, 7) is -0.707. The van der Waals surface area contributed by atoms with Gasteiger partial charge in [-0.3, -0.25) is 9.05 Å². The zero-order chi connectivity index (χ0) is 13.5. The maximum Gasteiger partial charge on any atom is 0.472 e. The maximum absolute atomic E-state index is 12.2. The number of alkyl halides is 6. The lowest BCUT2D eigenvalue weighted by atomic mass is 9.99. The Morgan fingerprint density at radius 1 is 1.18 bits per heavy atom. The molecule has 2 atom stereocenters. The Kier molecular flexibility index (Phi) is 3.83. The second kappa shape index (κ2) is 4.42. The van der Waals surface area contributed by atoms with Gasteiger partial charge in [-0.2, -0.15) is 26.3 Å². The van der Waals surface area contributed by atoms with E-state index in [0.29, 0.717) is 0 Å². The molecule has 1 aliphatic heterocycles. The number of rotatable bonds is 1. The van der Waals surface area contributed by atoms with Crippen LogP contribution in [0.15, 0.2) is 0 Å². The van der Waals surface area contributed by atoms with Gasteiger partial charge in [0.15, 0.2) is 5.92 Å². The Labute approximate surface area is 91.1 Å². The van der Waals surface area contributed by atoms with E-state index in [9.17, 15) is 30.9 Å². The van der Waals surface area contributed by atoms with Crippen LogP contribution in [0, 0.1) is 5.92 Å². The Bertz CT molecular complexity index is 311. The van der Waals surface area contributed by atoms with Crippen LogP contribution < -0.4 is 0 Å². The van der Waals surface area contributed by atoms with Crippen molar-refractivity contribution in [3.63, 3.8) is 0 Å². The molecule has 1 saturated heterocycles. The molecule has 2 unspecified atom stereocenters. The smallest absolute Gasteiger partial charge is 0.302 e. The van der Waals surface area contributed by atoms with Gasteiger partial charge in [0.25, 0.3) is 0 Å². The minimum Gasteiger partial charge on any atom is -0.302 e. The first kappa shape index (κ1) is 14.7. The molecule has 0 saturated carbocycles. The molecule has 1 rings (SSSR count). The topological polar surface area (TPSA) is 55.8 Å². The zero-order valence-electron chi connectivity index (χ0n) is 7.96. The summed E-state index contributed by atoms with van der Waals surface area (Å²) in [4.78, 5) is 8.70. The second-order valence-corrected chi connectivity index (χ2v) is 4.70. The van der Waals surface area contributed by atoms with Crippen molar-refractivity contribution in [3.05, 3.63) is 0 Å². The molecule has 0 aromatic rings. The molecular weight excluding hydrogens is 281 g/mol. The molecule has 0 aromatic heterocycles. The minimum atomic E-state index is -5.61. The SMILES string of the molecule is O=P1(O)OCCC(C(C(F)(F)F)C(F)(F)F)O1. The molecule has 102 valence electrons. The predicted octanol–water partition coefficient (Wildman–Crippen LogP) is 2.63. The number of phosphoric ester groups is 1. The van der Waals surface area contributed by atoms with Crippen molar-refractivity contribution in [1.29, 1.82) is 0 Å². The third kappa shape index (κ3) is 3.84. The second-order valence-electron chi connectivity index (χ2n) is 3.30. The van der Waals surface area contributed by atoms with Crippen molar-refractivity contribution in [2.24, 2.45) is 5.92 Å². The molecule has 0 bridgehead atoms. The summed E-state index contributed by atoms with van der Waals surface area (Å²) in [5.74, 6) is -3.81. The van der Waals surface area contributed by atoms with Crippen molar-refractivity contribution < 1.29 is 44.8 Å². The van der Waals surface area contributed by atoms with Crippen molar-refractivity contribution in [3.8, 4) is 0 Å². The average Bonchev–Trinajstić information content (AvgIpc) is 1.94. The van der Waals surface area contributed by atoms with E-state index in [4.69, 9.17) is 4.89 Å². The summed E-state index contributed by atoms with van der Waals surface area (Å²) in [5.41, 5.74) is 0. The average molecular weight is 288 g/mol. The minimum absolute atomic E-state index is 0.707. The lowest BCUT2D eigenvalue weighted by molar-refractivity contribution is -0.306. The molecule has 17 heavy (non-hydrogen) atoms. The molecule has 0 amide bonds. The first-order valence-electron chi connectivity index (χ1n) is 4.22. The van der Waals surface area contributed by atoms with Gasteiger partial charge in [0, 0.05) is 0 Å². The van der Waals surface area contributed by atoms with Crippen molar-refractivity contribution in [1.82, 2.24) is 0 Å². The van der Waals surface area contributed by atoms with Gasteiger partial charge >= 0.3 is 20.2 Å². The molecule has 4 nitrogen and oxygen atoms in total. The molecule has 11 heteroatoms. The maximum atomic E-state index is 12.2. The zero-order valence-corrected chi connectivity index (χ0v) is 8.85. The first-order valence-corrected chi connectivity index (χ1v) is 5.72. The fourth-order valence-corrected chi connectivity index (χ4v) is 2.34. The summed E-state index contributed by atoms with van der Waals surface area (Å²) in [6.07, 6.45) is -14.5.